The number of nitrogens with zero attached hydrogens (tertiary/aromatic N) is 1. The second kappa shape index (κ2) is 3.52. The number of nitrogen functional groups attached to an aromatic ring is 1. The fourth-order valence-electron chi connectivity index (χ4n) is 1.82. The molecule has 17 heavy (non-hydrogen) atoms. The van der Waals surface area contributed by atoms with Gasteiger partial charge in [-0.15, -0.1) is 0 Å². The number of anilines is 1. The van der Waals surface area contributed by atoms with E-state index in [4.69, 9.17) is 10.3 Å². The summed E-state index contributed by atoms with van der Waals surface area (Å²) in [5.41, 5.74) is 8.46. The van der Waals surface area contributed by atoms with Crippen LogP contribution in [-0.2, 0) is 0 Å². The molecule has 0 radical (unpaired) electrons. The Morgan fingerprint density at radius 3 is 2.82 bits per heavy atom. The molecule has 4 nitrogen and oxygen atoms in total. The van der Waals surface area contributed by atoms with Crippen LogP contribution in [0.1, 0.15) is 0 Å². The highest BCUT2D eigenvalue weighted by molar-refractivity contribution is 5.93. The van der Waals surface area contributed by atoms with Crippen molar-refractivity contribution in [1.82, 2.24) is 5.16 Å². The quantitative estimate of drug-likeness (QED) is 0.626. The summed E-state index contributed by atoms with van der Waals surface area (Å²) in [6, 6.07) is 12.3. The highest BCUT2D eigenvalue weighted by Gasteiger charge is 2.10. The minimum atomic E-state index is 0.203. The van der Waals surface area contributed by atoms with E-state index in [1.165, 1.54) is 0 Å². The summed E-state index contributed by atoms with van der Waals surface area (Å²) in [5, 5.41) is 14.3. The van der Waals surface area contributed by atoms with Crippen LogP contribution in [0.5, 0.6) is 5.75 Å². The first kappa shape index (κ1) is 9.72. The number of phenolic OH excluding ortho intramolecular Hbond substituents is 1. The number of fused-ring (bicyclic) bond motifs is 1. The van der Waals surface area contributed by atoms with Gasteiger partial charge in [-0.1, -0.05) is 17.3 Å². The minimum absolute atomic E-state index is 0.203. The van der Waals surface area contributed by atoms with E-state index < -0.39 is 0 Å². The molecule has 0 amide bonds. The Morgan fingerprint density at radius 2 is 2.00 bits per heavy atom. The average Bonchev–Trinajstić information content (AvgIpc) is 2.71. The zero-order chi connectivity index (χ0) is 11.8. The summed E-state index contributed by atoms with van der Waals surface area (Å²) in [5.74, 6) is 0.203. The lowest BCUT2D eigenvalue weighted by molar-refractivity contribution is 0.459. The predicted octanol–water partition coefficient (Wildman–Crippen LogP) is 2.78. The van der Waals surface area contributed by atoms with Crippen molar-refractivity contribution in [3.8, 4) is 17.0 Å². The first-order valence-corrected chi connectivity index (χ1v) is 5.18. The first-order valence-electron chi connectivity index (χ1n) is 5.18. The molecule has 3 rings (SSSR count). The molecule has 4 heteroatoms. The highest BCUT2D eigenvalue weighted by Crippen LogP contribution is 2.30. The van der Waals surface area contributed by atoms with E-state index in [1.807, 2.05) is 12.1 Å². The Hall–Kier alpha value is -2.49. The van der Waals surface area contributed by atoms with Gasteiger partial charge in [0.05, 0.1) is 0 Å². The number of hydrogen-bond donors (Lipinski definition) is 2. The summed E-state index contributed by atoms with van der Waals surface area (Å²) in [4.78, 5) is 0. The van der Waals surface area contributed by atoms with Gasteiger partial charge in [0.15, 0.2) is 5.58 Å². The maximum atomic E-state index is 9.45. The van der Waals surface area contributed by atoms with E-state index in [1.54, 1.807) is 30.3 Å². The molecule has 0 atom stereocenters. The topological polar surface area (TPSA) is 72.3 Å². The van der Waals surface area contributed by atoms with Crippen molar-refractivity contribution in [2.75, 3.05) is 5.73 Å². The van der Waals surface area contributed by atoms with E-state index >= 15 is 0 Å². The van der Waals surface area contributed by atoms with Gasteiger partial charge < -0.3 is 15.4 Å². The Kier molecular flexibility index (Phi) is 2.01. The van der Waals surface area contributed by atoms with E-state index in [2.05, 4.69) is 5.16 Å². The van der Waals surface area contributed by atoms with Crippen LogP contribution in [0.4, 0.5) is 5.69 Å². The zero-order valence-electron chi connectivity index (χ0n) is 8.92. The van der Waals surface area contributed by atoms with E-state index in [9.17, 15) is 5.11 Å². The molecule has 2 aromatic carbocycles. The second-order valence-electron chi connectivity index (χ2n) is 3.84. The summed E-state index contributed by atoms with van der Waals surface area (Å²) in [6.45, 7) is 0. The third-order valence-electron chi connectivity index (χ3n) is 2.62. The number of aromatic hydroxyl groups is 1. The fraction of sp³-hybridized carbons (Fsp3) is 0. The summed E-state index contributed by atoms with van der Waals surface area (Å²) in [7, 11) is 0. The lowest BCUT2D eigenvalue weighted by atomic mass is 10.1. The molecular formula is C13H10N2O2. The van der Waals surface area contributed by atoms with Crippen LogP contribution in [-0.4, -0.2) is 10.3 Å². The van der Waals surface area contributed by atoms with Gasteiger partial charge in [0.1, 0.15) is 11.4 Å². The SMILES string of the molecule is Nc1ccc2c(-c3cccc(O)c3)noc2c1. The van der Waals surface area contributed by atoms with Crippen molar-refractivity contribution in [3.05, 3.63) is 42.5 Å². The molecule has 0 unspecified atom stereocenters. The standard InChI is InChI=1S/C13H10N2O2/c14-9-4-5-11-12(7-9)17-15-13(11)8-2-1-3-10(16)6-8/h1-7,16H,14H2. The van der Waals surface area contributed by atoms with Crippen molar-refractivity contribution < 1.29 is 9.63 Å². The number of rotatable bonds is 1. The van der Waals surface area contributed by atoms with Crippen LogP contribution >= 0.6 is 0 Å². The van der Waals surface area contributed by atoms with E-state index in [0.717, 1.165) is 10.9 Å². The molecule has 0 aliphatic carbocycles. The summed E-state index contributed by atoms with van der Waals surface area (Å²) in [6.07, 6.45) is 0. The lowest BCUT2D eigenvalue weighted by Gasteiger charge is -1.97. The van der Waals surface area contributed by atoms with Gasteiger partial charge in [-0.25, -0.2) is 0 Å². The van der Waals surface area contributed by atoms with Gasteiger partial charge in [-0.3, -0.25) is 0 Å². The predicted molar refractivity (Wildman–Crippen MR) is 65.5 cm³/mol. The lowest BCUT2D eigenvalue weighted by Crippen LogP contribution is -1.82. The molecular weight excluding hydrogens is 216 g/mol. The average molecular weight is 226 g/mol. The molecule has 0 aliphatic rings. The molecule has 0 bridgehead atoms. The molecule has 0 fully saturated rings. The number of benzene rings is 2. The van der Waals surface area contributed by atoms with Crippen molar-refractivity contribution in [1.29, 1.82) is 0 Å². The van der Waals surface area contributed by atoms with E-state index in [-0.39, 0.29) is 5.75 Å². The van der Waals surface area contributed by atoms with Crippen molar-refractivity contribution >= 4 is 16.7 Å². The molecule has 0 saturated heterocycles. The summed E-state index contributed by atoms with van der Waals surface area (Å²) >= 11 is 0. The second-order valence-corrected chi connectivity index (χ2v) is 3.84. The van der Waals surface area contributed by atoms with Gasteiger partial charge in [-0.2, -0.15) is 0 Å². The Morgan fingerprint density at radius 1 is 1.12 bits per heavy atom. The zero-order valence-corrected chi connectivity index (χ0v) is 8.92. The number of nitrogens with two attached hydrogens (primary N) is 1. The Labute approximate surface area is 97.3 Å². The molecule has 1 heterocycles. The molecule has 0 spiro atoms. The largest absolute Gasteiger partial charge is 0.508 e. The van der Waals surface area contributed by atoms with Crippen LogP contribution < -0.4 is 5.73 Å². The van der Waals surface area contributed by atoms with Crippen LogP contribution in [0.2, 0.25) is 0 Å². The number of phenols is 1. The molecule has 3 N–H and O–H groups in total. The third kappa shape index (κ3) is 1.59. The smallest absolute Gasteiger partial charge is 0.169 e. The number of hydrogen-bond acceptors (Lipinski definition) is 4. The van der Waals surface area contributed by atoms with Crippen LogP contribution in [0.15, 0.2) is 47.0 Å². The molecule has 84 valence electrons. The molecule has 0 saturated carbocycles. The fourth-order valence-corrected chi connectivity index (χ4v) is 1.82. The van der Waals surface area contributed by atoms with Crippen LogP contribution in [0.25, 0.3) is 22.2 Å². The van der Waals surface area contributed by atoms with E-state index in [0.29, 0.717) is 17.0 Å². The molecule has 1 aromatic heterocycles. The van der Waals surface area contributed by atoms with Crippen LogP contribution in [0, 0.1) is 0 Å². The third-order valence-corrected chi connectivity index (χ3v) is 2.62. The normalized spacial score (nSPS) is 10.8. The van der Waals surface area contributed by atoms with Crippen molar-refractivity contribution in [2.45, 2.75) is 0 Å². The van der Waals surface area contributed by atoms with Crippen LogP contribution in [0.3, 0.4) is 0 Å². The molecule has 3 aromatic rings. The Bertz CT molecular complexity index is 689. The van der Waals surface area contributed by atoms with Gasteiger partial charge in [0.2, 0.25) is 0 Å². The maximum Gasteiger partial charge on any atom is 0.169 e. The maximum absolute atomic E-state index is 9.45. The first-order chi connectivity index (χ1) is 8.24. The van der Waals surface area contributed by atoms with Crippen molar-refractivity contribution in [2.24, 2.45) is 0 Å². The van der Waals surface area contributed by atoms with Gasteiger partial charge in [0.25, 0.3) is 0 Å². The highest BCUT2D eigenvalue weighted by atomic mass is 16.5. The van der Waals surface area contributed by atoms with Gasteiger partial charge in [-0.05, 0) is 24.3 Å². The van der Waals surface area contributed by atoms with Gasteiger partial charge in [0, 0.05) is 22.7 Å². The Balaban J connectivity index is 2.24. The molecule has 0 aliphatic heterocycles. The van der Waals surface area contributed by atoms with Gasteiger partial charge >= 0.3 is 0 Å². The monoisotopic (exact) mass is 226 g/mol. The minimum Gasteiger partial charge on any atom is -0.508 e. The summed E-state index contributed by atoms with van der Waals surface area (Å²) < 4.78 is 5.21. The van der Waals surface area contributed by atoms with Crippen molar-refractivity contribution in [3.63, 3.8) is 0 Å². The number of aromatic nitrogens is 1.